The van der Waals surface area contributed by atoms with Gasteiger partial charge in [0.2, 0.25) is 0 Å². The summed E-state index contributed by atoms with van der Waals surface area (Å²) in [5, 5.41) is 10.5. The van der Waals surface area contributed by atoms with Gasteiger partial charge in [-0.25, -0.2) is 0 Å². The van der Waals surface area contributed by atoms with Crippen LogP contribution in [-0.2, 0) is 4.79 Å². The zero-order chi connectivity index (χ0) is 16.5. The fourth-order valence-electron chi connectivity index (χ4n) is 7.70. The van der Waals surface area contributed by atoms with Crippen LogP contribution in [0.15, 0.2) is 0 Å². The molecule has 4 fully saturated rings. The molecule has 2 heteroatoms. The molecule has 0 bridgehead atoms. The molecule has 0 aromatic carbocycles. The van der Waals surface area contributed by atoms with Crippen LogP contribution in [0.25, 0.3) is 0 Å². The number of aldehydes is 1. The summed E-state index contributed by atoms with van der Waals surface area (Å²) >= 11 is 0. The van der Waals surface area contributed by atoms with Crippen LogP contribution in [0.3, 0.4) is 0 Å². The molecule has 0 aliphatic heterocycles. The Balaban J connectivity index is 1.61. The molecule has 8 atom stereocenters. The van der Waals surface area contributed by atoms with Crippen molar-refractivity contribution in [3.63, 3.8) is 0 Å². The van der Waals surface area contributed by atoms with E-state index >= 15 is 0 Å². The molecule has 0 aromatic heterocycles. The summed E-state index contributed by atoms with van der Waals surface area (Å²) in [6.45, 7) is 7.00. The molecule has 4 aliphatic carbocycles. The monoisotopic (exact) mass is 318 g/mol. The second-order valence-electron chi connectivity index (χ2n) is 10.2. The quantitative estimate of drug-likeness (QED) is 0.718. The average molecular weight is 319 g/mol. The molecule has 0 amide bonds. The lowest BCUT2D eigenvalue weighted by molar-refractivity contribution is -0.147. The van der Waals surface area contributed by atoms with Gasteiger partial charge >= 0.3 is 0 Å². The van der Waals surface area contributed by atoms with Crippen molar-refractivity contribution in [2.24, 2.45) is 40.4 Å². The van der Waals surface area contributed by atoms with E-state index in [2.05, 4.69) is 13.8 Å². The second kappa shape index (κ2) is 5.07. The van der Waals surface area contributed by atoms with Crippen molar-refractivity contribution in [1.29, 1.82) is 0 Å². The molecular weight excluding hydrogens is 284 g/mol. The number of carbonyl (C=O) groups excluding carboxylic acids is 1. The summed E-state index contributed by atoms with van der Waals surface area (Å²) in [7, 11) is 0. The van der Waals surface area contributed by atoms with Crippen LogP contribution in [-0.4, -0.2) is 17.0 Å². The number of carbonyl (C=O) groups is 1. The smallest absolute Gasteiger partial charge is 0.123 e. The summed E-state index contributed by atoms with van der Waals surface area (Å²) in [6, 6.07) is 0. The molecule has 0 saturated heterocycles. The lowest BCUT2D eigenvalue weighted by Gasteiger charge is -2.61. The van der Waals surface area contributed by atoms with Crippen LogP contribution < -0.4 is 0 Å². The van der Waals surface area contributed by atoms with Crippen LogP contribution in [0.4, 0.5) is 0 Å². The summed E-state index contributed by atoms with van der Waals surface area (Å²) in [6.07, 6.45) is 12.1. The number of fused-ring (bicyclic) bond motifs is 5. The van der Waals surface area contributed by atoms with Gasteiger partial charge in [0.15, 0.2) is 0 Å². The zero-order valence-corrected chi connectivity index (χ0v) is 15.2. The van der Waals surface area contributed by atoms with E-state index in [0.717, 1.165) is 37.0 Å². The summed E-state index contributed by atoms with van der Waals surface area (Å²) < 4.78 is 0. The maximum Gasteiger partial charge on any atom is 0.123 e. The fourth-order valence-corrected chi connectivity index (χ4v) is 7.70. The minimum absolute atomic E-state index is 0.284. The van der Waals surface area contributed by atoms with E-state index < -0.39 is 5.60 Å². The molecule has 4 aliphatic rings. The summed E-state index contributed by atoms with van der Waals surface area (Å²) in [5.41, 5.74) is 0.286. The molecule has 4 rings (SSSR count). The van der Waals surface area contributed by atoms with Gasteiger partial charge in [-0.15, -0.1) is 0 Å². The SMILES string of the molecule is C[C@@]1(O)CC[C@@]2(C)[C@@H](CC[C@@H]3[C@@H]2CC[C@]2(C)C(C=O)CC[C@@H]32)C1. The van der Waals surface area contributed by atoms with Crippen molar-refractivity contribution >= 4 is 6.29 Å². The van der Waals surface area contributed by atoms with Crippen LogP contribution in [0, 0.1) is 40.4 Å². The molecule has 23 heavy (non-hydrogen) atoms. The van der Waals surface area contributed by atoms with Gasteiger partial charge in [0, 0.05) is 5.92 Å². The molecule has 2 nitrogen and oxygen atoms in total. The highest BCUT2D eigenvalue weighted by Gasteiger charge is 2.60. The Morgan fingerprint density at radius 3 is 2.35 bits per heavy atom. The molecule has 1 N–H and O–H groups in total. The first kappa shape index (κ1) is 16.1. The molecule has 130 valence electrons. The highest BCUT2D eigenvalue weighted by Crippen LogP contribution is 2.67. The van der Waals surface area contributed by atoms with Gasteiger partial charge in [-0.05, 0) is 99.2 Å². The third-order valence-corrected chi connectivity index (χ3v) is 9.19. The van der Waals surface area contributed by atoms with Crippen molar-refractivity contribution in [2.75, 3.05) is 0 Å². The first-order valence-electron chi connectivity index (χ1n) is 9.98. The largest absolute Gasteiger partial charge is 0.390 e. The Kier molecular flexibility index (Phi) is 3.55. The van der Waals surface area contributed by atoms with Gasteiger partial charge in [0.1, 0.15) is 6.29 Å². The van der Waals surface area contributed by atoms with E-state index in [-0.39, 0.29) is 5.41 Å². The first-order chi connectivity index (χ1) is 10.8. The molecule has 0 radical (unpaired) electrons. The van der Waals surface area contributed by atoms with Crippen molar-refractivity contribution in [1.82, 2.24) is 0 Å². The van der Waals surface area contributed by atoms with Gasteiger partial charge in [-0.1, -0.05) is 13.8 Å². The van der Waals surface area contributed by atoms with Gasteiger partial charge in [0.25, 0.3) is 0 Å². The molecule has 4 saturated carbocycles. The van der Waals surface area contributed by atoms with Crippen LogP contribution >= 0.6 is 0 Å². The van der Waals surface area contributed by atoms with Crippen molar-refractivity contribution in [3.05, 3.63) is 0 Å². The second-order valence-corrected chi connectivity index (χ2v) is 10.2. The van der Waals surface area contributed by atoms with E-state index in [1.54, 1.807) is 0 Å². The Morgan fingerprint density at radius 2 is 1.61 bits per heavy atom. The van der Waals surface area contributed by atoms with E-state index in [1.807, 2.05) is 6.92 Å². The number of aliphatic hydroxyl groups is 1. The predicted octanol–water partition coefficient (Wildman–Crippen LogP) is 4.60. The van der Waals surface area contributed by atoms with Crippen molar-refractivity contribution in [3.8, 4) is 0 Å². The molecule has 0 heterocycles. The Morgan fingerprint density at radius 1 is 0.870 bits per heavy atom. The fraction of sp³-hybridized carbons (Fsp3) is 0.952. The minimum Gasteiger partial charge on any atom is -0.390 e. The third-order valence-electron chi connectivity index (χ3n) is 9.19. The highest BCUT2D eigenvalue weighted by molar-refractivity contribution is 5.56. The summed E-state index contributed by atoms with van der Waals surface area (Å²) in [4.78, 5) is 11.6. The number of rotatable bonds is 1. The molecular formula is C21H34O2. The first-order valence-corrected chi connectivity index (χ1v) is 9.98. The summed E-state index contributed by atoms with van der Waals surface area (Å²) in [5.74, 6) is 3.46. The standard InChI is InChI=1S/C21H34O2/c1-19(23)10-11-21(3)14(12-19)4-6-16-17-7-5-15(13-22)20(17,2)9-8-18(16)21/h13-18,23H,4-12H2,1-3H3/t14-,15?,16-,17-,18-,19+,20+,21-/m0/s1. The Hall–Kier alpha value is -0.370. The Labute approximate surface area is 141 Å². The van der Waals surface area contributed by atoms with Gasteiger partial charge in [-0.3, -0.25) is 0 Å². The lowest BCUT2D eigenvalue weighted by Crippen LogP contribution is -2.55. The predicted molar refractivity (Wildman–Crippen MR) is 91.9 cm³/mol. The van der Waals surface area contributed by atoms with E-state index in [4.69, 9.17) is 0 Å². The van der Waals surface area contributed by atoms with Crippen molar-refractivity contribution < 1.29 is 9.90 Å². The average Bonchev–Trinajstić information content (AvgIpc) is 2.84. The normalized spacial score (nSPS) is 58.9. The van der Waals surface area contributed by atoms with Gasteiger partial charge in [-0.2, -0.15) is 0 Å². The Bertz CT molecular complexity index is 498. The van der Waals surface area contributed by atoms with Gasteiger partial charge < -0.3 is 9.90 Å². The maximum atomic E-state index is 11.6. The van der Waals surface area contributed by atoms with E-state index in [9.17, 15) is 9.90 Å². The molecule has 1 unspecified atom stereocenters. The van der Waals surface area contributed by atoms with E-state index in [1.165, 1.54) is 44.8 Å². The van der Waals surface area contributed by atoms with Crippen LogP contribution in [0.1, 0.15) is 78.6 Å². The minimum atomic E-state index is -0.434. The molecule has 0 spiro atoms. The zero-order valence-electron chi connectivity index (χ0n) is 15.2. The number of hydrogen-bond donors (Lipinski definition) is 1. The van der Waals surface area contributed by atoms with Gasteiger partial charge in [0.05, 0.1) is 5.60 Å². The topological polar surface area (TPSA) is 37.3 Å². The number of hydrogen-bond acceptors (Lipinski definition) is 2. The lowest BCUT2D eigenvalue weighted by atomic mass is 9.44. The molecule has 0 aromatic rings. The maximum absolute atomic E-state index is 11.6. The third kappa shape index (κ3) is 2.19. The van der Waals surface area contributed by atoms with Crippen LogP contribution in [0.5, 0.6) is 0 Å². The van der Waals surface area contributed by atoms with Crippen LogP contribution in [0.2, 0.25) is 0 Å². The highest BCUT2D eigenvalue weighted by atomic mass is 16.3. The van der Waals surface area contributed by atoms with E-state index in [0.29, 0.717) is 17.3 Å². The van der Waals surface area contributed by atoms with Crippen molar-refractivity contribution in [2.45, 2.75) is 84.2 Å².